The van der Waals surface area contributed by atoms with E-state index in [1.807, 2.05) is 0 Å². The molecule has 1 aromatic carbocycles. The van der Waals surface area contributed by atoms with Crippen molar-refractivity contribution in [2.45, 2.75) is 70.3 Å². The highest BCUT2D eigenvalue weighted by Crippen LogP contribution is 2.60. The van der Waals surface area contributed by atoms with Crippen LogP contribution in [0.1, 0.15) is 64.4 Å². The van der Waals surface area contributed by atoms with Gasteiger partial charge in [0.05, 0.1) is 0 Å². The van der Waals surface area contributed by atoms with Crippen molar-refractivity contribution in [1.29, 1.82) is 0 Å². The molecule has 5 aliphatic rings. The Morgan fingerprint density at radius 3 is 2.03 bits per heavy atom. The van der Waals surface area contributed by atoms with Crippen molar-refractivity contribution in [2.75, 3.05) is 26.2 Å². The van der Waals surface area contributed by atoms with Gasteiger partial charge in [0.1, 0.15) is 18.5 Å². The van der Waals surface area contributed by atoms with E-state index in [0.717, 1.165) is 55.0 Å². The quantitative estimate of drug-likeness (QED) is 0.743. The third-order valence-electron chi connectivity index (χ3n) is 8.36. The summed E-state index contributed by atoms with van der Waals surface area (Å²) in [7, 11) is 0. The number of aliphatic hydroxyl groups is 1. The van der Waals surface area contributed by atoms with Crippen molar-refractivity contribution in [3.63, 3.8) is 0 Å². The van der Waals surface area contributed by atoms with E-state index in [1.165, 1.54) is 44.9 Å². The predicted molar refractivity (Wildman–Crippen MR) is 117 cm³/mol. The molecule has 0 spiro atoms. The second-order valence-electron chi connectivity index (χ2n) is 11.4. The van der Waals surface area contributed by atoms with E-state index < -0.39 is 6.10 Å². The van der Waals surface area contributed by atoms with Gasteiger partial charge >= 0.3 is 0 Å². The maximum Gasteiger partial charge on any atom is 0.119 e. The van der Waals surface area contributed by atoms with Gasteiger partial charge in [0, 0.05) is 19.6 Å². The van der Waals surface area contributed by atoms with Crippen LogP contribution in [0.2, 0.25) is 0 Å². The average molecular weight is 398 g/mol. The summed E-state index contributed by atoms with van der Waals surface area (Å²) in [5.74, 6) is 5.29. The Morgan fingerprint density at radius 1 is 0.931 bits per heavy atom. The molecule has 0 amide bonds. The first-order valence-electron chi connectivity index (χ1n) is 12.1. The number of nitrogens with zero attached hydrogens (tertiary/aromatic N) is 1. The second kappa shape index (κ2) is 7.89. The van der Waals surface area contributed by atoms with Crippen molar-refractivity contribution in [2.24, 2.45) is 29.6 Å². The average Bonchev–Trinajstić information content (AvgIpc) is 2.65. The van der Waals surface area contributed by atoms with Crippen LogP contribution in [0, 0.1) is 29.6 Å². The SMILES string of the molecule is C[C@H]1C[C@H](C)CN(C[C@H](O)COc2ccc(C34CC5CC(CC(C5)C3)C4)cc2)C1. The molecule has 0 unspecified atom stereocenters. The van der Waals surface area contributed by atoms with Crippen molar-refractivity contribution >= 4 is 0 Å². The molecule has 0 radical (unpaired) electrons. The summed E-state index contributed by atoms with van der Waals surface area (Å²) >= 11 is 0. The predicted octanol–water partition coefficient (Wildman–Crippen LogP) is 4.87. The third kappa shape index (κ3) is 4.23. The molecular weight excluding hydrogens is 358 g/mol. The number of β-amino-alcohol motifs (C(OH)–C–C–N with tert-alkyl or cyclic N) is 1. The fourth-order valence-corrected chi connectivity index (χ4v) is 7.85. The van der Waals surface area contributed by atoms with Crippen molar-refractivity contribution in [3.05, 3.63) is 29.8 Å². The van der Waals surface area contributed by atoms with Crippen LogP contribution in [0.15, 0.2) is 24.3 Å². The summed E-state index contributed by atoms with van der Waals surface area (Å²) in [6, 6.07) is 8.93. The molecule has 1 aliphatic heterocycles. The first kappa shape index (κ1) is 19.9. The van der Waals surface area contributed by atoms with Crippen molar-refractivity contribution in [1.82, 2.24) is 4.90 Å². The van der Waals surface area contributed by atoms with Crippen LogP contribution in [0.3, 0.4) is 0 Å². The molecule has 6 rings (SSSR count). The Labute approximate surface area is 176 Å². The van der Waals surface area contributed by atoms with Gasteiger partial charge in [-0.3, -0.25) is 0 Å². The van der Waals surface area contributed by atoms with Gasteiger partial charge < -0.3 is 14.7 Å². The lowest BCUT2D eigenvalue weighted by atomic mass is 9.48. The number of rotatable bonds is 6. The number of benzene rings is 1. The normalized spacial score (nSPS) is 40.2. The molecule has 4 bridgehead atoms. The van der Waals surface area contributed by atoms with Crippen LogP contribution in [0.5, 0.6) is 5.75 Å². The molecule has 4 saturated carbocycles. The molecule has 1 saturated heterocycles. The summed E-state index contributed by atoms with van der Waals surface area (Å²) in [6.07, 6.45) is 9.58. The largest absolute Gasteiger partial charge is 0.491 e. The molecule has 1 aromatic rings. The lowest BCUT2D eigenvalue weighted by Crippen LogP contribution is -2.48. The fourth-order valence-electron chi connectivity index (χ4n) is 7.85. The highest BCUT2D eigenvalue weighted by atomic mass is 16.5. The second-order valence-corrected chi connectivity index (χ2v) is 11.4. The van der Waals surface area contributed by atoms with E-state index in [-0.39, 0.29) is 0 Å². The topological polar surface area (TPSA) is 32.7 Å². The molecule has 0 aromatic heterocycles. The Bertz CT molecular complexity index is 654. The molecule has 3 nitrogen and oxygen atoms in total. The number of hydrogen-bond acceptors (Lipinski definition) is 3. The van der Waals surface area contributed by atoms with Gasteiger partial charge in [-0.15, -0.1) is 0 Å². The summed E-state index contributed by atoms with van der Waals surface area (Å²) in [4.78, 5) is 2.41. The van der Waals surface area contributed by atoms with Crippen LogP contribution >= 0.6 is 0 Å². The molecule has 3 heteroatoms. The van der Waals surface area contributed by atoms with Gasteiger partial charge in [0.2, 0.25) is 0 Å². The summed E-state index contributed by atoms with van der Waals surface area (Å²) in [5.41, 5.74) is 2.00. The molecule has 3 atom stereocenters. The minimum atomic E-state index is -0.421. The lowest BCUT2D eigenvalue weighted by molar-refractivity contribution is -0.00523. The first-order chi connectivity index (χ1) is 14.0. The van der Waals surface area contributed by atoms with E-state index in [9.17, 15) is 5.11 Å². The van der Waals surface area contributed by atoms with Gasteiger partial charge in [0.25, 0.3) is 0 Å². The minimum absolute atomic E-state index is 0.385. The number of piperidine rings is 1. The van der Waals surface area contributed by atoms with E-state index >= 15 is 0 Å². The molecular formula is C26H39NO2. The molecule has 1 N–H and O–H groups in total. The maximum absolute atomic E-state index is 10.5. The number of ether oxygens (including phenoxy) is 1. The monoisotopic (exact) mass is 397 g/mol. The zero-order chi connectivity index (χ0) is 20.0. The van der Waals surface area contributed by atoms with Gasteiger partial charge in [-0.1, -0.05) is 26.0 Å². The van der Waals surface area contributed by atoms with E-state index in [2.05, 4.69) is 43.0 Å². The maximum atomic E-state index is 10.5. The number of hydrogen-bond donors (Lipinski definition) is 1. The summed E-state index contributed by atoms with van der Waals surface area (Å²) < 4.78 is 5.96. The Hall–Kier alpha value is -1.06. The fraction of sp³-hybridized carbons (Fsp3) is 0.769. The molecule has 4 aliphatic carbocycles. The smallest absolute Gasteiger partial charge is 0.119 e. The highest BCUT2D eigenvalue weighted by molar-refractivity contribution is 5.34. The zero-order valence-electron chi connectivity index (χ0n) is 18.4. The molecule has 1 heterocycles. The highest BCUT2D eigenvalue weighted by Gasteiger charge is 2.51. The van der Waals surface area contributed by atoms with E-state index in [1.54, 1.807) is 5.56 Å². The van der Waals surface area contributed by atoms with E-state index in [0.29, 0.717) is 12.0 Å². The van der Waals surface area contributed by atoms with Gasteiger partial charge in [-0.2, -0.15) is 0 Å². The van der Waals surface area contributed by atoms with E-state index in [4.69, 9.17) is 4.74 Å². The van der Waals surface area contributed by atoms with Crippen LogP contribution in [-0.4, -0.2) is 42.4 Å². The van der Waals surface area contributed by atoms with Gasteiger partial charge in [0.15, 0.2) is 0 Å². The standard InChI is InChI=1S/C26H39NO2/c1-18-7-19(2)15-27(14-18)16-24(28)17-29-25-5-3-23(4-6-25)26-11-20-8-21(12-26)10-22(9-20)13-26/h3-6,18-22,24,28H,7-17H2,1-2H3/t18-,19-,20?,21?,22?,24-,26?/m0/s1. The van der Waals surface area contributed by atoms with Crippen molar-refractivity contribution < 1.29 is 9.84 Å². The minimum Gasteiger partial charge on any atom is -0.491 e. The molecule has 5 fully saturated rings. The Morgan fingerprint density at radius 2 is 1.48 bits per heavy atom. The van der Waals surface area contributed by atoms with Gasteiger partial charge in [-0.05, 0) is 97.6 Å². The van der Waals surface area contributed by atoms with Crippen LogP contribution in [-0.2, 0) is 5.41 Å². The molecule has 29 heavy (non-hydrogen) atoms. The van der Waals surface area contributed by atoms with Crippen LogP contribution in [0.25, 0.3) is 0 Å². The van der Waals surface area contributed by atoms with Crippen LogP contribution in [0.4, 0.5) is 0 Å². The first-order valence-corrected chi connectivity index (χ1v) is 12.1. The summed E-state index contributed by atoms with van der Waals surface area (Å²) in [5, 5.41) is 10.5. The number of aliphatic hydroxyl groups excluding tert-OH is 1. The van der Waals surface area contributed by atoms with Crippen molar-refractivity contribution in [3.8, 4) is 5.75 Å². The number of likely N-dealkylation sites (tertiary alicyclic amines) is 1. The lowest BCUT2D eigenvalue weighted by Gasteiger charge is -2.57. The van der Waals surface area contributed by atoms with Crippen LogP contribution < -0.4 is 4.74 Å². The zero-order valence-corrected chi connectivity index (χ0v) is 18.4. The summed E-state index contributed by atoms with van der Waals surface area (Å²) in [6.45, 7) is 7.94. The Balaban J connectivity index is 1.15. The third-order valence-corrected chi connectivity index (χ3v) is 8.36. The Kier molecular flexibility index (Phi) is 5.41. The van der Waals surface area contributed by atoms with Gasteiger partial charge in [-0.25, -0.2) is 0 Å². The molecule has 160 valence electrons.